The number of benzene rings is 2. The minimum absolute atomic E-state index is 0.198. The lowest BCUT2D eigenvalue weighted by molar-refractivity contribution is -0.148. The molecule has 0 aromatic heterocycles. The number of esters is 1. The van der Waals surface area contributed by atoms with Crippen LogP contribution in [0.4, 0.5) is 0 Å². The number of nitrogens with zero attached hydrogens (tertiary/aromatic N) is 1. The molecule has 0 unspecified atom stereocenters. The van der Waals surface area contributed by atoms with Crippen molar-refractivity contribution in [2.45, 2.75) is 19.8 Å². The quantitative estimate of drug-likeness (QED) is 0.351. The Kier molecular flexibility index (Phi) is 6.66. The summed E-state index contributed by atoms with van der Waals surface area (Å²) in [6.07, 6.45) is 2.71. The molecule has 0 spiro atoms. The van der Waals surface area contributed by atoms with Crippen LogP contribution in [0, 0.1) is 28.1 Å². The Morgan fingerprint density at radius 3 is 2.47 bits per heavy atom. The Bertz CT molecular complexity index is 1060. The van der Waals surface area contributed by atoms with Crippen molar-refractivity contribution in [1.29, 1.82) is 5.26 Å². The number of nitriles is 1. The number of methoxy groups -OCH3 is 1. The number of carboxylic acids is 1. The van der Waals surface area contributed by atoms with Crippen LogP contribution in [0.3, 0.4) is 0 Å². The van der Waals surface area contributed by atoms with Crippen LogP contribution in [0.5, 0.6) is 11.5 Å². The van der Waals surface area contributed by atoms with Crippen molar-refractivity contribution in [2.75, 3.05) is 13.9 Å². The van der Waals surface area contributed by atoms with E-state index in [4.69, 9.17) is 14.2 Å². The molecule has 0 amide bonds. The molecular formula is C25H25NO6. The van der Waals surface area contributed by atoms with Gasteiger partial charge in [0, 0.05) is 19.1 Å². The van der Waals surface area contributed by atoms with Crippen molar-refractivity contribution < 1.29 is 28.9 Å². The molecule has 0 bridgehead atoms. The summed E-state index contributed by atoms with van der Waals surface area (Å²) >= 11 is 0. The topological polar surface area (TPSA) is 106 Å². The van der Waals surface area contributed by atoms with Gasteiger partial charge in [0.25, 0.3) is 0 Å². The average Bonchev–Trinajstić information content (AvgIpc) is 3.27. The first-order valence-electron chi connectivity index (χ1n) is 10.1. The molecule has 3 atom stereocenters. The summed E-state index contributed by atoms with van der Waals surface area (Å²) in [5.41, 5.74) is -1.65. The first-order valence-corrected chi connectivity index (χ1v) is 10.1. The highest BCUT2D eigenvalue weighted by Gasteiger charge is 2.78. The Morgan fingerprint density at radius 1 is 1.16 bits per heavy atom. The maximum absolute atomic E-state index is 12.5. The minimum atomic E-state index is -1.41. The molecule has 0 aliphatic heterocycles. The molecule has 1 fully saturated rings. The van der Waals surface area contributed by atoms with E-state index >= 15 is 0 Å². The number of rotatable bonds is 9. The predicted molar refractivity (Wildman–Crippen MR) is 116 cm³/mol. The summed E-state index contributed by atoms with van der Waals surface area (Å²) in [4.78, 5) is 24.4. The van der Waals surface area contributed by atoms with E-state index < -0.39 is 34.6 Å². The van der Waals surface area contributed by atoms with Crippen molar-refractivity contribution >= 4 is 11.9 Å². The largest absolute Gasteiger partial charge is 0.481 e. The zero-order valence-electron chi connectivity index (χ0n) is 18.1. The van der Waals surface area contributed by atoms with Gasteiger partial charge in [-0.15, -0.1) is 0 Å². The highest BCUT2D eigenvalue weighted by atomic mass is 16.7. The third-order valence-corrected chi connectivity index (χ3v) is 6.10. The monoisotopic (exact) mass is 435 g/mol. The van der Waals surface area contributed by atoms with Crippen LogP contribution < -0.4 is 4.74 Å². The Hall–Kier alpha value is -3.63. The standard InChI is InChI=1S/C25H25NO6/c1-24(2)21(12-13-22(27)31-16-30-3)25(24,23(28)29)20(15-26)17-8-7-11-19(14-17)32-18-9-5-4-6-10-18/h4-14,20-21H,16H2,1-3H3,(H,28,29)/b13-12-/t20-,21-,25+/m0/s1. The Morgan fingerprint density at radius 2 is 1.84 bits per heavy atom. The fraction of sp³-hybridized carbons (Fsp3) is 0.320. The van der Waals surface area contributed by atoms with Gasteiger partial charge in [-0.25, -0.2) is 4.79 Å². The van der Waals surface area contributed by atoms with Gasteiger partial charge in [0.15, 0.2) is 6.79 Å². The summed E-state index contributed by atoms with van der Waals surface area (Å²) < 4.78 is 15.4. The summed E-state index contributed by atoms with van der Waals surface area (Å²) in [6, 6.07) is 18.3. The lowest BCUT2D eigenvalue weighted by atomic mass is 9.78. The van der Waals surface area contributed by atoms with Crippen LogP contribution >= 0.6 is 0 Å². The van der Waals surface area contributed by atoms with Gasteiger partial charge >= 0.3 is 11.9 Å². The minimum Gasteiger partial charge on any atom is -0.481 e. The van der Waals surface area contributed by atoms with E-state index in [1.165, 1.54) is 19.3 Å². The molecule has 32 heavy (non-hydrogen) atoms. The van der Waals surface area contributed by atoms with E-state index in [1.807, 2.05) is 18.2 Å². The Labute approximate surface area is 186 Å². The maximum Gasteiger partial charge on any atom is 0.332 e. The normalized spacial score (nSPS) is 22.0. The van der Waals surface area contributed by atoms with E-state index in [-0.39, 0.29) is 6.79 Å². The van der Waals surface area contributed by atoms with Gasteiger partial charge in [-0.05, 0) is 35.2 Å². The molecule has 166 valence electrons. The van der Waals surface area contributed by atoms with E-state index in [1.54, 1.807) is 50.2 Å². The molecular weight excluding hydrogens is 410 g/mol. The molecule has 3 rings (SSSR count). The highest BCUT2D eigenvalue weighted by molar-refractivity contribution is 5.86. The van der Waals surface area contributed by atoms with Crippen LogP contribution in [-0.2, 0) is 19.1 Å². The Balaban J connectivity index is 1.92. The molecule has 0 radical (unpaired) electrons. The number of carboxylic acid groups (broad SMARTS) is 1. The number of ether oxygens (including phenoxy) is 3. The number of para-hydroxylation sites is 1. The number of hydrogen-bond donors (Lipinski definition) is 1. The number of carbonyl (C=O) groups is 2. The van der Waals surface area contributed by atoms with Crippen molar-refractivity contribution in [3.05, 3.63) is 72.3 Å². The number of allylic oxidation sites excluding steroid dienone is 1. The lowest BCUT2D eigenvalue weighted by Gasteiger charge is -2.22. The molecule has 0 heterocycles. The molecule has 7 heteroatoms. The van der Waals surface area contributed by atoms with E-state index in [9.17, 15) is 20.0 Å². The van der Waals surface area contributed by atoms with Crippen LogP contribution in [0.1, 0.15) is 25.3 Å². The van der Waals surface area contributed by atoms with E-state index in [0.717, 1.165) is 0 Å². The molecule has 1 saturated carbocycles. The predicted octanol–water partition coefficient (Wildman–Crippen LogP) is 4.52. The maximum atomic E-state index is 12.5. The average molecular weight is 435 g/mol. The number of carbonyl (C=O) groups excluding carboxylic acids is 1. The second-order valence-corrected chi connectivity index (χ2v) is 8.15. The van der Waals surface area contributed by atoms with E-state index in [2.05, 4.69) is 6.07 Å². The summed E-state index contributed by atoms with van der Waals surface area (Å²) in [5, 5.41) is 20.3. The summed E-state index contributed by atoms with van der Waals surface area (Å²) in [5.74, 6) is -2.11. The second-order valence-electron chi connectivity index (χ2n) is 8.15. The molecule has 2 aromatic rings. The lowest BCUT2D eigenvalue weighted by Crippen LogP contribution is -2.28. The van der Waals surface area contributed by atoms with Crippen molar-refractivity contribution in [2.24, 2.45) is 16.7 Å². The molecule has 2 aromatic carbocycles. The second kappa shape index (κ2) is 9.25. The van der Waals surface area contributed by atoms with Crippen LogP contribution in [0.25, 0.3) is 0 Å². The van der Waals surface area contributed by atoms with Gasteiger partial charge in [0.05, 0.1) is 12.0 Å². The first kappa shape index (κ1) is 23.0. The van der Waals surface area contributed by atoms with Gasteiger partial charge in [-0.3, -0.25) is 4.79 Å². The van der Waals surface area contributed by atoms with Crippen LogP contribution in [0.15, 0.2) is 66.7 Å². The molecule has 7 nitrogen and oxygen atoms in total. The van der Waals surface area contributed by atoms with Gasteiger partial charge in [-0.1, -0.05) is 50.3 Å². The van der Waals surface area contributed by atoms with Crippen molar-refractivity contribution in [3.63, 3.8) is 0 Å². The van der Waals surface area contributed by atoms with Crippen LogP contribution in [-0.4, -0.2) is 30.9 Å². The van der Waals surface area contributed by atoms with E-state index in [0.29, 0.717) is 17.1 Å². The zero-order valence-corrected chi connectivity index (χ0v) is 18.1. The van der Waals surface area contributed by atoms with Crippen molar-refractivity contribution in [3.8, 4) is 17.6 Å². The summed E-state index contributed by atoms with van der Waals surface area (Å²) in [7, 11) is 1.39. The molecule has 1 aliphatic carbocycles. The molecule has 1 N–H and O–H groups in total. The van der Waals surface area contributed by atoms with Gasteiger partial charge in [0.2, 0.25) is 0 Å². The summed E-state index contributed by atoms with van der Waals surface area (Å²) in [6.45, 7) is 3.37. The molecule has 1 aliphatic rings. The number of hydrogen-bond acceptors (Lipinski definition) is 6. The van der Waals surface area contributed by atoms with Crippen LogP contribution in [0.2, 0.25) is 0 Å². The third kappa shape index (κ3) is 4.10. The fourth-order valence-corrected chi connectivity index (χ4v) is 4.48. The zero-order chi connectivity index (χ0) is 23.4. The number of aliphatic carboxylic acids is 1. The first-order chi connectivity index (χ1) is 15.3. The SMILES string of the molecule is COCOC(=O)/C=C\[C@H]1C(C)(C)[C@]1(C(=O)O)[C@@H](C#N)c1cccc(Oc2ccccc2)c1. The van der Waals surface area contributed by atoms with Crippen molar-refractivity contribution in [1.82, 2.24) is 0 Å². The highest BCUT2D eigenvalue weighted by Crippen LogP contribution is 2.75. The smallest absolute Gasteiger partial charge is 0.332 e. The van der Waals surface area contributed by atoms with Gasteiger partial charge in [-0.2, -0.15) is 5.26 Å². The fourth-order valence-electron chi connectivity index (χ4n) is 4.48. The molecule has 0 saturated heterocycles. The van der Waals surface area contributed by atoms with Gasteiger partial charge < -0.3 is 19.3 Å². The third-order valence-electron chi connectivity index (χ3n) is 6.10. The van der Waals surface area contributed by atoms with Gasteiger partial charge in [0.1, 0.15) is 16.9 Å².